The molecule has 3 nitrogen and oxygen atoms in total. The van der Waals surface area contributed by atoms with E-state index in [-0.39, 0.29) is 11.7 Å². The van der Waals surface area contributed by atoms with Gasteiger partial charge in [0.1, 0.15) is 5.75 Å². The number of aromatic hydroxyl groups is 1. The van der Waals surface area contributed by atoms with Crippen LogP contribution in [0.2, 0.25) is 0 Å². The molecule has 2 rings (SSSR count). The molecule has 0 radical (unpaired) electrons. The van der Waals surface area contributed by atoms with E-state index in [4.69, 9.17) is 5.73 Å². The summed E-state index contributed by atoms with van der Waals surface area (Å²) in [5, 5.41) is 20.0. The SMILES string of the molecule is NCC(c1ccc(O)cc1)C1(O)CCCCC1. The van der Waals surface area contributed by atoms with Crippen LogP contribution in [0.3, 0.4) is 0 Å². The molecule has 1 aliphatic rings. The van der Waals surface area contributed by atoms with Gasteiger partial charge in [0.25, 0.3) is 0 Å². The van der Waals surface area contributed by atoms with Crippen LogP contribution in [0, 0.1) is 0 Å². The monoisotopic (exact) mass is 235 g/mol. The Balaban J connectivity index is 2.22. The Morgan fingerprint density at radius 2 is 1.71 bits per heavy atom. The predicted octanol–water partition coefficient (Wildman–Crippen LogP) is 2.13. The highest BCUT2D eigenvalue weighted by molar-refractivity contribution is 5.30. The Morgan fingerprint density at radius 3 is 2.24 bits per heavy atom. The molecule has 1 aromatic carbocycles. The van der Waals surface area contributed by atoms with Crippen molar-refractivity contribution in [2.75, 3.05) is 6.54 Å². The summed E-state index contributed by atoms with van der Waals surface area (Å²) in [7, 11) is 0. The lowest BCUT2D eigenvalue weighted by atomic mass is 9.73. The van der Waals surface area contributed by atoms with Crippen LogP contribution in [-0.2, 0) is 0 Å². The second kappa shape index (κ2) is 5.07. The maximum absolute atomic E-state index is 10.7. The third-order valence-electron chi connectivity index (χ3n) is 3.90. The molecule has 1 atom stereocenters. The van der Waals surface area contributed by atoms with Gasteiger partial charge in [0.15, 0.2) is 0 Å². The molecule has 1 saturated carbocycles. The lowest BCUT2D eigenvalue weighted by Gasteiger charge is -2.39. The molecular formula is C14H21NO2. The maximum atomic E-state index is 10.7. The van der Waals surface area contributed by atoms with E-state index in [0.717, 1.165) is 31.2 Å². The fraction of sp³-hybridized carbons (Fsp3) is 0.571. The highest BCUT2D eigenvalue weighted by Gasteiger charge is 2.37. The molecule has 0 saturated heterocycles. The molecule has 0 bridgehead atoms. The highest BCUT2D eigenvalue weighted by atomic mass is 16.3. The zero-order chi connectivity index (χ0) is 12.3. The van der Waals surface area contributed by atoms with Crippen molar-refractivity contribution in [1.29, 1.82) is 0 Å². The van der Waals surface area contributed by atoms with Crippen molar-refractivity contribution in [3.63, 3.8) is 0 Å². The Bertz CT molecular complexity index is 355. The van der Waals surface area contributed by atoms with Crippen LogP contribution in [0.5, 0.6) is 5.75 Å². The number of phenols is 1. The van der Waals surface area contributed by atoms with Gasteiger partial charge in [-0.15, -0.1) is 0 Å². The van der Waals surface area contributed by atoms with E-state index in [1.807, 2.05) is 12.1 Å². The number of rotatable bonds is 3. The van der Waals surface area contributed by atoms with Gasteiger partial charge in [0, 0.05) is 12.5 Å². The zero-order valence-corrected chi connectivity index (χ0v) is 10.1. The van der Waals surface area contributed by atoms with Crippen LogP contribution in [0.25, 0.3) is 0 Å². The normalized spacial score (nSPS) is 21.1. The van der Waals surface area contributed by atoms with Crippen LogP contribution in [0.15, 0.2) is 24.3 Å². The molecule has 4 N–H and O–H groups in total. The van der Waals surface area contributed by atoms with Crippen LogP contribution in [0.1, 0.15) is 43.6 Å². The Labute approximate surface area is 102 Å². The van der Waals surface area contributed by atoms with Gasteiger partial charge in [-0.25, -0.2) is 0 Å². The van der Waals surface area contributed by atoms with Crippen molar-refractivity contribution in [2.45, 2.75) is 43.6 Å². The van der Waals surface area contributed by atoms with Crippen molar-refractivity contribution < 1.29 is 10.2 Å². The quantitative estimate of drug-likeness (QED) is 0.752. The van der Waals surface area contributed by atoms with Crippen molar-refractivity contribution >= 4 is 0 Å². The summed E-state index contributed by atoms with van der Waals surface area (Å²) in [6.07, 6.45) is 5.01. The number of nitrogens with two attached hydrogens (primary N) is 1. The minimum absolute atomic E-state index is 0.0246. The summed E-state index contributed by atoms with van der Waals surface area (Å²) in [4.78, 5) is 0. The molecule has 0 aromatic heterocycles. The molecule has 3 heteroatoms. The van der Waals surface area contributed by atoms with E-state index in [9.17, 15) is 10.2 Å². The van der Waals surface area contributed by atoms with E-state index in [0.29, 0.717) is 6.54 Å². The predicted molar refractivity (Wildman–Crippen MR) is 67.9 cm³/mol. The highest BCUT2D eigenvalue weighted by Crippen LogP contribution is 2.39. The summed E-state index contributed by atoms with van der Waals surface area (Å²) >= 11 is 0. The van der Waals surface area contributed by atoms with Crippen molar-refractivity contribution in [1.82, 2.24) is 0 Å². The largest absolute Gasteiger partial charge is 0.508 e. The molecule has 1 aromatic rings. The number of aliphatic hydroxyl groups is 1. The molecule has 0 aliphatic heterocycles. The van der Waals surface area contributed by atoms with Gasteiger partial charge in [-0.1, -0.05) is 31.4 Å². The summed E-state index contributed by atoms with van der Waals surface area (Å²) in [6.45, 7) is 0.446. The van der Waals surface area contributed by atoms with E-state index < -0.39 is 5.60 Å². The molecule has 1 fully saturated rings. The molecule has 17 heavy (non-hydrogen) atoms. The summed E-state index contributed by atoms with van der Waals surface area (Å²) < 4.78 is 0. The Hall–Kier alpha value is -1.06. The Morgan fingerprint density at radius 1 is 1.12 bits per heavy atom. The fourth-order valence-electron chi connectivity index (χ4n) is 2.88. The van der Waals surface area contributed by atoms with Crippen LogP contribution in [0.4, 0.5) is 0 Å². The summed E-state index contributed by atoms with van der Waals surface area (Å²) in [5.74, 6) is 0.226. The first-order valence-corrected chi connectivity index (χ1v) is 6.37. The lowest BCUT2D eigenvalue weighted by Crippen LogP contribution is -2.41. The molecule has 94 valence electrons. The van der Waals surface area contributed by atoms with Gasteiger partial charge in [0.2, 0.25) is 0 Å². The zero-order valence-electron chi connectivity index (χ0n) is 10.1. The minimum Gasteiger partial charge on any atom is -0.508 e. The summed E-state index contributed by atoms with van der Waals surface area (Å²) in [5.41, 5.74) is 6.20. The Kier molecular flexibility index (Phi) is 3.69. The topological polar surface area (TPSA) is 66.5 Å². The molecular weight excluding hydrogens is 214 g/mol. The van der Waals surface area contributed by atoms with Crippen molar-refractivity contribution in [2.24, 2.45) is 5.73 Å². The van der Waals surface area contributed by atoms with E-state index in [2.05, 4.69) is 0 Å². The first-order valence-electron chi connectivity index (χ1n) is 6.37. The molecule has 1 unspecified atom stereocenters. The van der Waals surface area contributed by atoms with Gasteiger partial charge in [-0.2, -0.15) is 0 Å². The lowest BCUT2D eigenvalue weighted by molar-refractivity contribution is -0.0194. The number of hydrogen-bond donors (Lipinski definition) is 3. The maximum Gasteiger partial charge on any atom is 0.115 e. The van der Waals surface area contributed by atoms with Crippen LogP contribution < -0.4 is 5.73 Å². The third-order valence-corrected chi connectivity index (χ3v) is 3.90. The van der Waals surface area contributed by atoms with Gasteiger partial charge in [0.05, 0.1) is 5.60 Å². The standard InChI is InChI=1S/C14H21NO2/c15-10-13(11-4-6-12(16)7-5-11)14(17)8-2-1-3-9-14/h4-7,13,16-17H,1-3,8-10,15H2. The first-order chi connectivity index (χ1) is 8.15. The number of hydrogen-bond acceptors (Lipinski definition) is 3. The van der Waals surface area contributed by atoms with Gasteiger partial charge < -0.3 is 15.9 Å². The first kappa shape index (κ1) is 12.4. The average Bonchev–Trinajstić information content (AvgIpc) is 2.33. The number of phenolic OH excluding ortho intramolecular Hbond substituents is 1. The number of benzene rings is 1. The second-order valence-electron chi connectivity index (χ2n) is 5.04. The molecule has 0 amide bonds. The minimum atomic E-state index is -0.663. The average molecular weight is 235 g/mol. The van der Waals surface area contributed by atoms with E-state index >= 15 is 0 Å². The van der Waals surface area contributed by atoms with Crippen molar-refractivity contribution in [3.8, 4) is 5.75 Å². The molecule has 0 heterocycles. The third kappa shape index (κ3) is 2.61. The van der Waals surface area contributed by atoms with Crippen LogP contribution in [-0.4, -0.2) is 22.4 Å². The van der Waals surface area contributed by atoms with Crippen molar-refractivity contribution in [3.05, 3.63) is 29.8 Å². The summed E-state index contributed by atoms with van der Waals surface area (Å²) in [6, 6.07) is 7.03. The van der Waals surface area contributed by atoms with E-state index in [1.165, 1.54) is 6.42 Å². The fourth-order valence-corrected chi connectivity index (χ4v) is 2.88. The van der Waals surface area contributed by atoms with Gasteiger partial charge >= 0.3 is 0 Å². The molecule has 1 aliphatic carbocycles. The smallest absolute Gasteiger partial charge is 0.115 e. The van der Waals surface area contributed by atoms with E-state index in [1.54, 1.807) is 12.1 Å². The molecule has 0 spiro atoms. The second-order valence-corrected chi connectivity index (χ2v) is 5.04. The van der Waals surface area contributed by atoms with Gasteiger partial charge in [-0.05, 0) is 30.5 Å². The van der Waals surface area contributed by atoms with Gasteiger partial charge in [-0.3, -0.25) is 0 Å². The van der Waals surface area contributed by atoms with Crippen LogP contribution >= 0.6 is 0 Å².